The van der Waals surface area contributed by atoms with Gasteiger partial charge in [0.1, 0.15) is 0 Å². The predicted molar refractivity (Wildman–Crippen MR) is 85.6 cm³/mol. The Kier molecular flexibility index (Phi) is 9.13. The van der Waals surface area contributed by atoms with Crippen molar-refractivity contribution in [3.05, 3.63) is 0 Å². The molecule has 0 aromatic rings. The molecule has 1 saturated heterocycles. The third-order valence-electron chi connectivity index (χ3n) is 4.43. The summed E-state index contributed by atoms with van der Waals surface area (Å²) in [6.45, 7) is 2.57. The third kappa shape index (κ3) is 6.34. The average molecular weight is 313 g/mol. The molecule has 0 bridgehead atoms. The van der Waals surface area contributed by atoms with Gasteiger partial charge in [0, 0.05) is 13.0 Å². The number of carbonyl (C=O) groups is 2. The van der Waals surface area contributed by atoms with Crippen molar-refractivity contribution in [1.29, 1.82) is 0 Å². The fourth-order valence-corrected chi connectivity index (χ4v) is 3.08. The van der Waals surface area contributed by atoms with Crippen molar-refractivity contribution < 1.29 is 19.8 Å². The maximum Gasteiger partial charge on any atom is 0.329 e. The first-order valence-electron chi connectivity index (χ1n) is 8.78. The molecule has 5 nitrogen and oxygen atoms in total. The number of nitrogens with zero attached hydrogens (tertiary/aromatic N) is 1. The van der Waals surface area contributed by atoms with E-state index in [2.05, 4.69) is 6.92 Å². The van der Waals surface area contributed by atoms with Crippen LogP contribution in [0.15, 0.2) is 0 Å². The molecular weight excluding hydrogens is 282 g/mol. The molecule has 1 heterocycles. The number of aliphatic carboxylic acids is 1. The van der Waals surface area contributed by atoms with Crippen LogP contribution in [-0.4, -0.2) is 45.7 Å². The van der Waals surface area contributed by atoms with E-state index < -0.39 is 18.1 Å². The molecule has 0 saturated carbocycles. The van der Waals surface area contributed by atoms with Crippen LogP contribution in [0.25, 0.3) is 0 Å². The van der Waals surface area contributed by atoms with Gasteiger partial charge < -0.3 is 15.1 Å². The lowest BCUT2D eigenvalue weighted by Gasteiger charge is -2.22. The minimum atomic E-state index is -1.11. The molecule has 1 rings (SSSR count). The van der Waals surface area contributed by atoms with Crippen LogP contribution in [-0.2, 0) is 9.59 Å². The number of amides is 1. The Balaban J connectivity index is 2.10. The molecule has 1 aliphatic rings. The van der Waals surface area contributed by atoms with Crippen molar-refractivity contribution in [3.8, 4) is 0 Å². The van der Waals surface area contributed by atoms with Crippen LogP contribution >= 0.6 is 0 Å². The summed E-state index contributed by atoms with van der Waals surface area (Å²) in [4.78, 5) is 24.5. The molecule has 128 valence electrons. The molecule has 0 radical (unpaired) electrons. The van der Waals surface area contributed by atoms with Crippen molar-refractivity contribution >= 4 is 11.9 Å². The Morgan fingerprint density at radius 1 is 1.00 bits per heavy atom. The van der Waals surface area contributed by atoms with E-state index in [0.29, 0.717) is 19.4 Å². The first-order valence-corrected chi connectivity index (χ1v) is 8.78. The molecule has 2 N–H and O–H groups in total. The van der Waals surface area contributed by atoms with Crippen LogP contribution in [0.5, 0.6) is 0 Å². The van der Waals surface area contributed by atoms with E-state index in [1.807, 2.05) is 0 Å². The number of hydrogen-bond acceptors (Lipinski definition) is 3. The lowest BCUT2D eigenvalue weighted by molar-refractivity contribution is -0.151. The average Bonchev–Trinajstić information content (AvgIpc) is 2.87. The first kappa shape index (κ1) is 18.9. The Morgan fingerprint density at radius 3 is 2.09 bits per heavy atom. The summed E-state index contributed by atoms with van der Waals surface area (Å²) in [5.41, 5.74) is 0. The summed E-state index contributed by atoms with van der Waals surface area (Å²) in [6, 6.07) is -1.05. The summed E-state index contributed by atoms with van der Waals surface area (Å²) < 4.78 is 0. The van der Waals surface area contributed by atoms with Gasteiger partial charge in [0.05, 0.1) is 6.10 Å². The van der Waals surface area contributed by atoms with E-state index in [0.717, 1.165) is 19.3 Å². The molecule has 0 aromatic heterocycles. The molecule has 22 heavy (non-hydrogen) atoms. The van der Waals surface area contributed by atoms with Crippen LogP contribution in [0.3, 0.4) is 0 Å². The highest BCUT2D eigenvalue weighted by Gasteiger charge is 2.40. The summed E-state index contributed by atoms with van der Waals surface area (Å²) in [5, 5.41) is 18.7. The molecule has 1 fully saturated rings. The van der Waals surface area contributed by atoms with Crippen LogP contribution in [0.1, 0.15) is 77.6 Å². The van der Waals surface area contributed by atoms with E-state index in [9.17, 15) is 14.7 Å². The zero-order valence-electron chi connectivity index (χ0n) is 13.8. The second-order valence-electron chi connectivity index (χ2n) is 6.30. The normalized spacial score (nSPS) is 21.3. The molecule has 0 spiro atoms. The maximum atomic E-state index is 12.1. The van der Waals surface area contributed by atoms with Gasteiger partial charge in [0.25, 0.3) is 0 Å². The van der Waals surface area contributed by atoms with Crippen LogP contribution in [0.2, 0.25) is 0 Å². The Bertz CT molecular complexity index is 346. The van der Waals surface area contributed by atoms with E-state index in [1.54, 1.807) is 0 Å². The standard InChI is InChI=1S/C17H31NO4/c1-2-3-4-5-6-7-8-9-10-11-15(20)18-13-12-14(19)16(18)17(21)22/h14,16,19H,2-13H2,1H3,(H,21,22)/t14-,16-/m0/s1. The number of hydrogen-bond donors (Lipinski definition) is 2. The van der Waals surface area contributed by atoms with Crippen LogP contribution in [0.4, 0.5) is 0 Å². The molecule has 0 aliphatic carbocycles. The number of unbranched alkanes of at least 4 members (excludes halogenated alkanes) is 8. The molecule has 0 unspecified atom stereocenters. The third-order valence-corrected chi connectivity index (χ3v) is 4.43. The number of likely N-dealkylation sites (tertiary alicyclic amines) is 1. The summed E-state index contributed by atoms with van der Waals surface area (Å²) >= 11 is 0. The van der Waals surface area contributed by atoms with Crippen LogP contribution in [0, 0.1) is 0 Å². The van der Waals surface area contributed by atoms with E-state index in [1.165, 1.54) is 43.4 Å². The highest BCUT2D eigenvalue weighted by atomic mass is 16.4. The molecule has 2 atom stereocenters. The molecule has 1 aliphatic heterocycles. The Morgan fingerprint density at radius 2 is 1.55 bits per heavy atom. The van der Waals surface area contributed by atoms with Crippen molar-refractivity contribution in [2.45, 2.75) is 89.7 Å². The zero-order chi connectivity index (χ0) is 16.4. The fraction of sp³-hybridized carbons (Fsp3) is 0.882. The quantitative estimate of drug-likeness (QED) is 0.575. The van der Waals surface area contributed by atoms with Crippen molar-refractivity contribution in [2.24, 2.45) is 0 Å². The van der Waals surface area contributed by atoms with E-state index in [4.69, 9.17) is 5.11 Å². The second kappa shape index (κ2) is 10.6. The van der Waals surface area contributed by atoms with Crippen molar-refractivity contribution in [3.63, 3.8) is 0 Å². The lowest BCUT2D eigenvalue weighted by atomic mass is 10.1. The molecule has 0 aromatic carbocycles. The van der Waals surface area contributed by atoms with Gasteiger partial charge in [-0.25, -0.2) is 4.79 Å². The molecule has 1 amide bonds. The monoisotopic (exact) mass is 313 g/mol. The molecule has 5 heteroatoms. The van der Waals surface area contributed by atoms with Gasteiger partial charge in [-0.05, 0) is 12.8 Å². The van der Waals surface area contributed by atoms with Crippen LogP contribution < -0.4 is 0 Å². The minimum Gasteiger partial charge on any atom is -0.480 e. The number of aliphatic hydroxyl groups excluding tert-OH is 1. The van der Waals surface area contributed by atoms with Gasteiger partial charge in [0.15, 0.2) is 6.04 Å². The van der Waals surface area contributed by atoms with Gasteiger partial charge in [-0.15, -0.1) is 0 Å². The fourth-order valence-electron chi connectivity index (χ4n) is 3.08. The van der Waals surface area contributed by atoms with Gasteiger partial charge in [0.2, 0.25) is 5.91 Å². The smallest absolute Gasteiger partial charge is 0.329 e. The number of carboxylic acids is 1. The summed E-state index contributed by atoms with van der Waals surface area (Å²) in [6.07, 6.45) is 10.5. The van der Waals surface area contributed by atoms with E-state index >= 15 is 0 Å². The first-order chi connectivity index (χ1) is 10.6. The number of rotatable bonds is 11. The maximum absolute atomic E-state index is 12.1. The largest absolute Gasteiger partial charge is 0.480 e. The SMILES string of the molecule is CCCCCCCCCCCC(=O)N1CC[C@H](O)[C@H]1C(=O)O. The number of carbonyl (C=O) groups excluding carboxylic acids is 1. The minimum absolute atomic E-state index is 0.133. The number of carboxylic acid groups (broad SMARTS) is 1. The van der Waals surface area contributed by atoms with Crippen molar-refractivity contribution in [1.82, 2.24) is 4.90 Å². The van der Waals surface area contributed by atoms with Crippen molar-refractivity contribution in [2.75, 3.05) is 6.54 Å². The summed E-state index contributed by atoms with van der Waals surface area (Å²) in [5.74, 6) is -1.24. The predicted octanol–water partition coefficient (Wildman–Crippen LogP) is 2.95. The highest BCUT2D eigenvalue weighted by molar-refractivity contribution is 5.84. The van der Waals surface area contributed by atoms with E-state index in [-0.39, 0.29) is 5.91 Å². The second-order valence-corrected chi connectivity index (χ2v) is 6.30. The summed E-state index contributed by atoms with van der Waals surface area (Å²) in [7, 11) is 0. The zero-order valence-corrected chi connectivity index (χ0v) is 13.8. The van der Waals surface area contributed by atoms with Gasteiger partial charge in [-0.2, -0.15) is 0 Å². The Hall–Kier alpha value is -1.10. The Labute approximate surface area is 133 Å². The van der Waals surface area contributed by atoms with Gasteiger partial charge >= 0.3 is 5.97 Å². The number of aliphatic hydroxyl groups is 1. The highest BCUT2D eigenvalue weighted by Crippen LogP contribution is 2.20. The molecular formula is C17H31NO4. The van der Waals surface area contributed by atoms with Gasteiger partial charge in [-0.1, -0.05) is 58.3 Å². The van der Waals surface area contributed by atoms with Gasteiger partial charge in [-0.3, -0.25) is 4.79 Å². The topological polar surface area (TPSA) is 77.8 Å². The lowest BCUT2D eigenvalue weighted by Crippen LogP contribution is -2.44.